The van der Waals surface area contributed by atoms with Crippen LogP contribution in [-0.2, 0) is 11.2 Å². The van der Waals surface area contributed by atoms with Crippen molar-refractivity contribution in [2.45, 2.75) is 19.8 Å². The van der Waals surface area contributed by atoms with Gasteiger partial charge in [0, 0.05) is 23.6 Å². The molecular weight excluding hydrogens is 442 g/mol. The van der Waals surface area contributed by atoms with Gasteiger partial charge in [0.15, 0.2) is 5.11 Å². The molecule has 0 radical (unpaired) electrons. The second-order valence-corrected chi connectivity index (χ2v) is 7.18. The van der Waals surface area contributed by atoms with Gasteiger partial charge in [0.1, 0.15) is 5.75 Å². The van der Waals surface area contributed by atoms with Crippen molar-refractivity contribution < 1.29 is 14.3 Å². The lowest BCUT2D eigenvalue weighted by Gasteiger charge is -2.13. The SMILES string of the molecule is CCOc1ccc(Br)cc1C(=O)NC(=S)Nc1ccc(CCC(=O)NC)cc1. The van der Waals surface area contributed by atoms with Gasteiger partial charge < -0.3 is 15.4 Å². The molecule has 8 heteroatoms. The average Bonchev–Trinajstić information content (AvgIpc) is 2.68. The Hall–Kier alpha value is -2.45. The Morgan fingerprint density at radius 2 is 1.86 bits per heavy atom. The molecule has 0 bridgehead atoms. The first-order chi connectivity index (χ1) is 13.4. The summed E-state index contributed by atoms with van der Waals surface area (Å²) in [6.07, 6.45) is 1.09. The van der Waals surface area contributed by atoms with Gasteiger partial charge in [-0.25, -0.2) is 0 Å². The second kappa shape index (κ2) is 10.8. The number of carbonyl (C=O) groups excluding carboxylic acids is 2. The first-order valence-electron chi connectivity index (χ1n) is 8.77. The molecular formula is C20H22BrN3O3S. The Morgan fingerprint density at radius 1 is 1.14 bits per heavy atom. The predicted octanol–water partition coefficient (Wildman–Crippen LogP) is 3.65. The van der Waals surface area contributed by atoms with E-state index in [1.807, 2.05) is 37.3 Å². The number of hydrogen-bond acceptors (Lipinski definition) is 4. The Kier molecular flexibility index (Phi) is 8.41. The molecule has 0 spiro atoms. The molecule has 2 rings (SSSR count). The van der Waals surface area contributed by atoms with Crippen LogP contribution < -0.4 is 20.7 Å². The predicted molar refractivity (Wildman–Crippen MR) is 118 cm³/mol. The fourth-order valence-electron chi connectivity index (χ4n) is 2.43. The van der Waals surface area contributed by atoms with E-state index < -0.39 is 0 Å². The van der Waals surface area contributed by atoms with Crippen molar-refractivity contribution in [2.24, 2.45) is 0 Å². The average molecular weight is 464 g/mol. The van der Waals surface area contributed by atoms with Crippen LogP contribution in [0, 0.1) is 0 Å². The monoisotopic (exact) mass is 463 g/mol. The lowest BCUT2D eigenvalue weighted by atomic mass is 10.1. The van der Waals surface area contributed by atoms with Crippen molar-refractivity contribution in [1.82, 2.24) is 10.6 Å². The third-order valence-corrected chi connectivity index (χ3v) is 4.54. The molecule has 0 aliphatic carbocycles. The molecule has 0 fully saturated rings. The first-order valence-corrected chi connectivity index (χ1v) is 9.97. The van der Waals surface area contributed by atoms with Crippen LogP contribution in [0.5, 0.6) is 5.75 Å². The fraction of sp³-hybridized carbons (Fsp3) is 0.250. The highest BCUT2D eigenvalue weighted by Crippen LogP contribution is 2.23. The highest BCUT2D eigenvalue weighted by atomic mass is 79.9. The van der Waals surface area contributed by atoms with E-state index in [0.717, 1.165) is 15.7 Å². The molecule has 0 aliphatic heterocycles. The molecule has 2 amide bonds. The lowest BCUT2D eigenvalue weighted by Crippen LogP contribution is -2.34. The zero-order chi connectivity index (χ0) is 20.5. The number of aryl methyl sites for hydroxylation is 1. The summed E-state index contributed by atoms with van der Waals surface area (Å²) in [7, 11) is 1.62. The second-order valence-electron chi connectivity index (χ2n) is 5.85. The van der Waals surface area contributed by atoms with Gasteiger partial charge in [-0.3, -0.25) is 14.9 Å². The summed E-state index contributed by atoms with van der Waals surface area (Å²) in [5.74, 6) is 0.140. The number of carbonyl (C=O) groups is 2. The summed E-state index contributed by atoms with van der Waals surface area (Å²) in [6.45, 7) is 2.31. The highest BCUT2D eigenvalue weighted by Gasteiger charge is 2.14. The van der Waals surface area contributed by atoms with Gasteiger partial charge in [0.25, 0.3) is 5.91 Å². The number of ether oxygens (including phenoxy) is 1. The minimum absolute atomic E-state index is 0.00469. The van der Waals surface area contributed by atoms with E-state index in [0.29, 0.717) is 30.8 Å². The number of anilines is 1. The quantitative estimate of drug-likeness (QED) is 0.546. The fourth-order valence-corrected chi connectivity index (χ4v) is 3.00. The van der Waals surface area contributed by atoms with Crippen molar-refractivity contribution in [2.75, 3.05) is 19.0 Å². The molecule has 2 aromatic rings. The molecule has 0 aromatic heterocycles. The van der Waals surface area contributed by atoms with Crippen LogP contribution in [0.2, 0.25) is 0 Å². The molecule has 0 unspecified atom stereocenters. The maximum absolute atomic E-state index is 12.5. The molecule has 6 nitrogen and oxygen atoms in total. The third-order valence-electron chi connectivity index (χ3n) is 3.84. The maximum Gasteiger partial charge on any atom is 0.261 e. The number of rotatable bonds is 7. The molecule has 0 heterocycles. The van der Waals surface area contributed by atoms with E-state index >= 15 is 0 Å². The van der Waals surface area contributed by atoms with E-state index in [1.165, 1.54) is 0 Å². The normalized spacial score (nSPS) is 10.1. The zero-order valence-corrected chi connectivity index (χ0v) is 18.1. The van der Waals surface area contributed by atoms with Crippen LogP contribution in [0.4, 0.5) is 5.69 Å². The van der Waals surface area contributed by atoms with Crippen LogP contribution in [0.25, 0.3) is 0 Å². The molecule has 0 saturated carbocycles. The van der Waals surface area contributed by atoms with Gasteiger partial charge in [0.05, 0.1) is 12.2 Å². The third kappa shape index (κ3) is 6.61. The Morgan fingerprint density at radius 3 is 2.50 bits per heavy atom. The van der Waals surface area contributed by atoms with Crippen LogP contribution in [0.15, 0.2) is 46.9 Å². The molecule has 148 valence electrons. The highest BCUT2D eigenvalue weighted by molar-refractivity contribution is 9.10. The van der Waals surface area contributed by atoms with Gasteiger partial charge in [0.2, 0.25) is 5.91 Å². The zero-order valence-electron chi connectivity index (χ0n) is 15.7. The van der Waals surface area contributed by atoms with Crippen molar-refractivity contribution in [3.8, 4) is 5.75 Å². The molecule has 0 saturated heterocycles. The summed E-state index contributed by atoms with van der Waals surface area (Å²) in [5, 5.41) is 8.43. The molecule has 0 atom stereocenters. The van der Waals surface area contributed by atoms with Gasteiger partial charge in [-0.05, 0) is 61.5 Å². The van der Waals surface area contributed by atoms with E-state index in [1.54, 1.807) is 19.2 Å². The number of amides is 2. The van der Waals surface area contributed by atoms with Crippen LogP contribution in [-0.4, -0.2) is 30.6 Å². The van der Waals surface area contributed by atoms with Crippen molar-refractivity contribution in [3.05, 3.63) is 58.1 Å². The number of nitrogens with one attached hydrogen (secondary N) is 3. The topological polar surface area (TPSA) is 79.5 Å². The van der Waals surface area contributed by atoms with Crippen LogP contribution in [0.1, 0.15) is 29.3 Å². The summed E-state index contributed by atoms with van der Waals surface area (Å²) in [6, 6.07) is 12.8. The van der Waals surface area contributed by atoms with Gasteiger partial charge in [-0.1, -0.05) is 28.1 Å². The van der Waals surface area contributed by atoms with Crippen molar-refractivity contribution >= 4 is 50.8 Å². The van der Waals surface area contributed by atoms with E-state index in [9.17, 15) is 9.59 Å². The standard InChI is InChI=1S/C20H22BrN3O3S/c1-3-27-17-10-7-14(21)12-16(17)19(26)24-20(28)23-15-8-4-13(5-9-15)6-11-18(25)22-2/h4-5,7-10,12H,3,6,11H2,1-2H3,(H,22,25)(H2,23,24,26,28). The van der Waals surface area contributed by atoms with Gasteiger partial charge in [-0.2, -0.15) is 0 Å². The van der Waals surface area contributed by atoms with Crippen molar-refractivity contribution in [1.29, 1.82) is 0 Å². The summed E-state index contributed by atoms with van der Waals surface area (Å²) in [5.41, 5.74) is 2.18. The number of benzene rings is 2. The summed E-state index contributed by atoms with van der Waals surface area (Å²) >= 11 is 8.60. The summed E-state index contributed by atoms with van der Waals surface area (Å²) < 4.78 is 6.27. The lowest BCUT2D eigenvalue weighted by molar-refractivity contribution is -0.120. The number of thiocarbonyl (C=S) groups is 1. The van der Waals surface area contributed by atoms with E-state index in [-0.39, 0.29) is 16.9 Å². The number of halogens is 1. The minimum atomic E-state index is -0.357. The minimum Gasteiger partial charge on any atom is -0.493 e. The maximum atomic E-state index is 12.5. The largest absolute Gasteiger partial charge is 0.493 e. The molecule has 0 aliphatic rings. The van der Waals surface area contributed by atoms with Crippen LogP contribution in [0.3, 0.4) is 0 Å². The number of hydrogen-bond donors (Lipinski definition) is 3. The molecule has 2 aromatic carbocycles. The van der Waals surface area contributed by atoms with E-state index in [4.69, 9.17) is 17.0 Å². The van der Waals surface area contributed by atoms with Gasteiger partial charge >= 0.3 is 0 Å². The summed E-state index contributed by atoms with van der Waals surface area (Å²) in [4.78, 5) is 23.9. The van der Waals surface area contributed by atoms with Gasteiger partial charge in [-0.15, -0.1) is 0 Å². The molecule has 28 heavy (non-hydrogen) atoms. The van der Waals surface area contributed by atoms with E-state index in [2.05, 4.69) is 31.9 Å². The molecule has 3 N–H and O–H groups in total. The Balaban J connectivity index is 1.96. The Labute approximate surface area is 178 Å². The van der Waals surface area contributed by atoms with Crippen LogP contribution >= 0.6 is 28.1 Å². The smallest absolute Gasteiger partial charge is 0.261 e. The van der Waals surface area contributed by atoms with Crippen molar-refractivity contribution in [3.63, 3.8) is 0 Å². The Bertz CT molecular complexity index is 856. The first kappa shape index (κ1) is 21.8.